The summed E-state index contributed by atoms with van der Waals surface area (Å²) in [7, 11) is 0. The number of fused-ring (bicyclic) bond motifs is 1. The van der Waals surface area contributed by atoms with Crippen LogP contribution in [-0.4, -0.2) is 31.1 Å². The van der Waals surface area contributed by atoms with Gasteiger partial charge in [-0.2, -0.15) is 13.2 Å². The van der Waals surface area contributed by atoms with Crippen molar-refractivity contribution in [3.63, 3.8) is 0 Å². The quantitative estimate of drug-likeness (QED) is 0.632. The Bertz CT molecular complexity index is 883. The number of aromatic nitrogens is 5. The van der Waals surface area contributed by atoms with Crippen molar-refractivity contribution >= 4 is 34.2 Å². The largest absolute Gasteiger partial charge is 0.422 e. The highest BCUT2D eigenvalue weighted by molar-refractivity contribution is 6.35. The number of benzene rings is 1. The highest BCUT2D eigenvalue weighted by atomic mass is 35.5. The number of alkyl halides is 3. The number of nitrogens with zero attached hydrogens (tertiary/aromatic N) is 5. The Hall–Kier alpha value is -2.13. The Morgan fingerprint density at radius 2 is 1.84 bits per heavy atom. The van der Waals surface area contributed by atoms with E-state index < -0.39 is 12.6 Å². The SMILES string of the molecule is FC(F)(F)CCCn1nnc2c(Cl)ccc(Oc3ncc(Cl)cn3)c21. The number of aryl methyl sites for hydroxylation is 1. The average molecular weight is 392 g/mol. The summed E-state index contributed by atoms with van der Waals surface area (Å²) in [6, 6.07) is 3.12. The van der Waals surface area contributed by atoms with Crippen molar-refractivity contribution in [1.29, 1.82) is 0 Å². The van der Waals surface area contributed by atoms with Crippen LogP contribution < -0.4 is 4.74 Å². The smallest absolute Gasteiger partial charge is 0.389 e. The fourth-order valence-corrected chi connectivity index (χ4v) is 2.43. The zero-order valence-corrected chi connectivity index (χ0v) is 14.0. The lowest BCUT2D eigenvalue weighted by Crippen LogP contribution is -2.10. The third kappa shape index (κ3) is 4.29. The van der Waals surface area contributed by atoms with Crippen LogP contribution in [0, 0.1) is 0 Å². The van der Waals surface area contributed by atoms with Gasteiger partial charge < -0.3 is 4.74 Å². The van der Waals surface area contributed by atoms with Gasteiger partial charge in [-0.1, -0.05) is 28.4 Å². The van der Waals surface area contributed by atoms with Gasteiger partial charge in [0.2, 0.25) is 0 Å². The average Bonchev–Trinajstić information content (AvgIpc) is 2.96. The van der Waals surface area contributed by atoms with E-state index >= 15 is 0 Å². The van der Waals surface area contributed by atoms with Crippen LogP contribution in [0.5, 0.6) is 11.8 Å². The molecule has 132 valence electrons. The van der Waals surface area contributed by atoms with Crippen molar-refractivity contribution in [2.75, 3.05) is 0 Å². The molecule has 0 amide bonds. The van der Waals surface area contributed by atoms with Crippen LogP contribution in [0.15, 0.2) is 24.5 Å². The Morgan fingerprint density at radius 1 is 1.12 bits per heavy atom. The number of ether oxygens (including phenoxy) is 1. The highest BCUT2D eigenvalue weighted by Gasteiger charge is 2.26. The van der Waals surface area contributed by atoms with Gasteiger partial charge in [0.05, 0.1) is 22.4 Å². The van der Waals surface area contributed by atoms with E-state index in [4.69, 9.17) is 27.9 Å². The van der Waals surface area contributed by atoms with Crippen LogP contribution in [-0.2, 0) is 6.54 Å². The Morgan fingerprint density at radius 3 is 2.52 bits per heavy atom. The van der Waals surface area contributed by atoms with Crippen LogP contribution in [0.25, 0.3) is 11.0 Å². The summed E-state index contributed by atoms with van der Waals surface area (Å²) in [6.45, 7) is 0.00812. The molecule has 0 spiro atoms. The molecular weight excluding hydrogens is 382 g/mol. The molecule has 0 aliphatic rings. The predicted molar refractivity (Wildman–Crippen MR) is 84.9 cm³/mol. The normalized spacial score (nSPS) is 11.9. The van der Waals surface area contributed by atoms with Gasteiger partial charge in [-0.25, -0.2) is 14.6 Å². The number of hydrogen-bond acceptors (Lipinski definition) is 5. The summed E-state index contributed by atoms with van der Waals surface area (Å²) >= 11 is 11.8. The minimum Gasteiger partial charge on any atom is -0.422 e. The Labute approximate surface area is 149 Å². The van der Waals surface area contributed by atoms with Crippen molar-refractivity contribution in [3.05, 3.63) is 34.6 Å². The van der Waals surface area contributed by atoms with E-state index in [0.717, 1.165) is 0 Å². The zero-order chi connectivity index (χ0) is 18.0. The molecule has 0 atom stereocenters. The van der Waals surface area contributed by atoms with E-state index in [-0.39, 0.29) is 24.7 Å². The maximum absolute atomic E-state index is 12.3. The number of rotatable bonds is 5. The lowest BCUT2D eigenvalue weighted by atomic mass is 10.2. The van der Waals surface area contributed by atoms with E-state index in [1.807, 2.05) is 0 Å². The van der Waals surface area contributed by atoms with E-state index in [9.17, 15) is 13.2 Å². The molecule has 0 N–H and O–H groups in total. The second kappa shape index (κ2) is 7.01. The molecule has 6 nitrogen and oxygen atoms in total. The molecule has 0 unspecified atom stereocenters. The van der Waals surface area contributed by atoms with Gasteiger partial charge in [-0.05, 0) is 18.6 Å². The minimum absolute atomic E-state index is 0.00812. The van der Waals surface area contributed by atoms with Gasteiger partial charge in [0.15, 0.2) is 5.75 Å². The van der Waals surface area contributed by atoms with Gasteiger partial charge in [0.1, 0.15) is 11.0 Å². The molecule has 2 heterocycles. The first-order chi connectivity index (χ1) is 11.8. The number of halogens is 5. The summed E-state index contributed by atoms with van der Waals surface area (Å²) in [6.07, 6.45) is -2.59. The first-order valence-electron chi connectivity index (χ1n) is 7.07. The number of hydrogen-bond donors (Lipinski definition) is 0. The first-order valence-corrected chi connectivity index (χ1v) is 7.83. The molecule has 0 fully saturated rings. The molecule has 0 radical (unpaired) electrons. The topological polar surface area (TPSA) is 65.7 Å². The summed E-state index contributed by atoms with van der Waals surface area (Å²) in [5.74, 6) is 0.277. The minimum atomic E-state index is -4.23. The maximum atomic E-state index is 12.3. The third-order valence-corrected chi connectivity index (χ3v) is 3.70. The zero-order valence-electron chi connectivity index (χ0n) is 12.5. The van der Waals surface area contributed by atoms with Crippen LogP contribution in [0.2, 0.25) is 10.0 Å². The molecule has 3 aromatic rings. The molecule has 0 bridgehead atoms. The standard InChI is InChI=1S/C14H10Cl2F3N5O/c15-8-6-20-13(21-7-8)25-10-3-2-9(16)11-12(10)24(23-22-11)5-1-4-14(17,18)19/h2-3,6-7H,1,4-5H2. The molecular formula is C14H10Cl2F3N5O. The molecule has 3 rings (SSSR count). The first kappa shape index (κ1) is 17.7. The summed E-state index contributed by atoms with van der Waals surface area (Å²) in [4.78, 5) is 7.83. The van der Waals surface area contributed by atoms with Gasteiger partial charge in [-0.3, -0.25) is 0 Å². The van der Waals surface area contributed by atoms with Crippen LogP contribution in [0.1, 0.15) is 12.8 Å². The summed E-state index contributed by atoms with van der Waals surface area (Å²) in [5.41, 5.74) is 0.688. The molecule has 25 heavy (non-hydrogen) atoms. The van der Waals surface area contributed by atoms with E-state index in [2.05, 4.69) is 20.3 Å². The van der Waals surface area contributed by atoms with Gasteiger partial charge in [-0.15, -0.1) is 5.10 Å². The Balaban J connectivity index is 1.91. The van der Waals surface area contributed by atoms with E-state index in [1.165, 1.54) is 17.1 Å². The second-order valence-electron chi connectivity index (χ2n) is 5.06. The fraction of sp³-hybridized carbons (Fsp3) is 0.286. The molecule has 1 aromatic carbocycles. The predicted octanol–water partition coefficient (Wildman–Crippen LogP) is 4.66. The second-order valence-corrected chi connectivity index (χ2v) is 5.90. The van der Waals surface area contributed by atoms with Crippen LogP contribution in [0.4, 0.5) is 13.2 Å². The monoisotopic (exact) mass is 391 g/mol. The Kier molecular flexibility index (Phi) is 4.96. The molecule has 0 aliphatic heterocycles. The van der Waals surface area contributed by atoms with E-state index in [0.29, 0.717) is 21.1 Å². The fourth-order valence-electron chi connectivity index (χ4n) is 2.14. The van der Waals surface area contributed by atoms with Gasteiger partial charge in [0.25, 0.3) is 0 Å². The third-order valence-electron chi connectivity index (χ3n) is 3.20. The van der Waals surface area contributed by atoms with Crippen molar-refractivity contribution in [3.8, 4) is 11.8 Å². The van der Waals surface area contributed by atoms with Crippen molar-refractivity contribution in [2.24, 2.45) is 0 Å². The molecule has 2 aromatic heterocycles. The lowest BCUT2D eigenvalue weighted by Gasteiger charge is -2.09. The van der Waals surface area contributed by atoms with Gasteiger partial charge in [0, 0.05) is 13.0 Å². The highest BCUT2D eigenvalue weighted by Crippen LogP contribution is 2.32. The summed E-state index contributed by atoms with van der Waals surface area (Å²) < 4.78 is 43.9. The van der Waals surface area contributed by atoms with E-state index in [1.54, 1.807) is 12.1 Å². The van der Waals surface area contributed by atoms with Crippen molar-refractivity contribution in [2.45, 2.75) is 25.6 Å². The molecule has 0 aliphatic carbocycles. The van der Waals surface area contributed by atoms with Crippen LogP contribution >= 0.6 is 23.2 Å². The van der Waals surface area contributed by atoms with Crippen molar-refractivity contribution in [1.82, 2.24) is 25.0 Å². The molecule has 0 saturated carbocycles. The molecule has 11 heteroatoms. The van der Waals surface area contributed by atoms with Gasteiger partial charge >= 0.3 is 12.2 Å². The lowest BCUT2D eigenvalue weighted by molar-refractivity contribution is -0.135. The maximum Gasteiger partial charge on any atom is 0.389 e. The summed E-state index contributed by atoms with van der Waals surface area (Å²) in [5, 5.41) is 8.42. The van der Waals surface area contributed by atoms with Crippen molar-refractivity contribution < 1.29 is 17.9 Å². The van der Waals surface area contributed by atoms with Crippen LogP contribution in [0.3, 0.4) is 0 Å². The molecule has 0 saturated heterocycles.